The molecule has 1 aromatic heterocycles. The number of carboxylic acids is 1. The number of imidazole rings is 1. The Morgan fingerprint density at radius 3 is 2.95 bits per heavy atom. The normalized spacial score (nSPS) is 21.4. The zero-order chi connectivity index (χ0) is 14.0. The van der Waals surface area contributed by atoms with Crippen molar-refractivity contribution in [3.63, 3.8) is 0 Å². The summed E-state index contributed by atoms with van der Waals surface area (Å²) in [6.45, 7) is 2.25. The molecule has 1 aliphatic heterocycles. The molecular weight excluding hydrogens is 270 g/mol. The Bertz CT molecular complexity index is 566. The van der Waals surface area contributed by atoms with Crippen molar-refractivity contribution in [2.24, 2.45) is 5.92 Å². The number of hydrogen-bond donors (Lipinski definition) is 2. The monoisotopic (exact) mass is 287 g/mol. The number of aryl methyl sites for hydroxylation is 1. The van der Waals surface area contributed by atoms with E-state index >= 15 is 0 Å². The highest BCUT2D eigenvalue weighted by atomic mass is 32.2. The molecule has 0 spiro atoms. The number of aliphatic carboxylic acids is 1. The number of nitrogens with zero attached hydrogens (tertiary/aromatic N) is 2. The van der Waals surface area contributed by atoms with E-state index in [-0.39, 0.29) is 11.6 Å². The van der Waals surface area contributed by atoms with Gasteiger partial charge < -0.3 is 10.1 Å². The Balaban J connectivity index is 2.21. The first kappa shape index (κ1) is 14.0. The molecule has 0 aliphatic carbocycles. The van der Waals surface area contributed by atoms with Crippen LogP contribution < -0.4 is 0 Å². The molecule has 7 nitrogen and oxygen atoms in total. The van der Waals surface area contributed by atoms with Gasteiger partial charge in [0.1, 0.15) is 5.82 Å². The second-order valence-corrected chi connectivity index (χ2v) is 6.49. The summed E-state index contributed by atoms with van der Waals surface area (Å²) in [7, 11) is -3.67. The van der Waals surface area contributed by atoms with E-state index < -0.39 is 21.9 Å². The molecule has 1 aromatic rings. The fourth-order valence-corrected chi connectivity index (χ4v) is 3.61. The van der Waals surface area contributed by atoms with E-state index in [0.29, 0.717) is 31.6 Å². The Hall–Kier alpha value is -1.41. The van der Waals surface area contributed by atoms with Gasteiger partial charge in [0.25, 0.3) is 10.0 Å². The van der Waals surface area contributed by atoms with Crippen LogP contribution in [0.4, 0.5) is 0 Å². The molecule has 2 heterocycles. The van der Waals surface area contributed by atoms with E-state index in [1.165, 1.54) is 10.5 Å². The van der Waals surface area contributed by atoms with Crippen LogP contribution in [-0.4, -0.2) is 46.9 Å². The highest BCUT2D eigenvalue weighted by molar-refractivity contribution is 7.89. The first-order chi connectivity index (χ1) is 8.95. The number of hydrogen-bond acceptors (Lipinski definition) is 4. The number of carboxylic acid groups (broad SMARTS) is 1. The van der Waals surface area contributed by atoms with Gasteiger partial charge in [-0.3, -0.25) is 4.79 Å². The van der Waals surface area contributed by atoms with Gasteiger partial charge in [-0.25, -0.2) is 13.4 Å². The zero-order valence-electron chi connectivity index (χ0n) is 10.7. The summed E-state index contributed by atoms with van der Waals surface area (Å²) in [4.78, 5) is 17.7. The Labute approximate surface area is 111 Å². The third-order valence-electron chi connectivity index (χ3n) is 3.29. The number of piperidine rings is 1. The van der Waals surface area contributed by atoms with Crippen LogP contribution in [0, 0.1) is 5.92 Å². The van der Waals surface area contributed by atoms with Crippen LogP contribution in [0.2, 0.25) is 0 Å². The molecule has 0 aromatic carbocycles. The number of sulfonamides is 1. The first-order valence-corrected chi connectivity index (χ1v) is 7.66. The maximum atomic E-state index is 12.3. The largest absolute Gasteiger partial charge is 0.481 e. The molecular formula is C11H17N3O4S. The summed E-state index contributed by atoms with van der Waals surface area (Å²) < 4.78 is 25.9. The number of carbonyl (C=O) groups is 1. The average Bonchev–Trinajstić information content (AvgIpc) is 2.88. The van der Waals surface area contributed by atoms with Crippen molar-refractivity contribution < 1.29 is 18.3 Å². The van der Waals surface area contributed by atoms with Gasteiger partial charge in [-0.1, -0.05) is 6.92 Å². The second kappa shape index (κ2) is 5.30. The molecule has 1 atom stereocenters. The van der Waals surface area contributed by atoms with Crippen molar-refractivity contribution in [1.82, 2.24) is 14.3 Å². The van der Waals surface area contributed by atoms with Gasteiger partial charge in [0.15, 0.2) is 5.03 Å². The molecule has 8 heteroatoms. The first-order valence-electron chi connectivity index (χ1n) is 6.22. The quantitative estimate of drug-likeness (QED) is 0.837. The van der Waals surface area contributed by atoms with Crippen LogP contribution in [0.1, 0.15) is 25.6 Å². The smallest absolute Gasteiger partial charge is 0.307 e. The SMILES string of the molecule is CCc1ncc(S(=O)(=O)N2CCC[C@@H](C(=O)O)C2)[nH]1. The lowest BCUT2D eigenvalue weighted by Gasteiger charge is -2.29. The molecule has 1 saturated heterocycles. The third-order valence-corrected chi connectivity index (χ3v) is 5.07. The molecule has 1 fully saturated rings. The predicted molar refractivity (Wildman–Crippen MR) is 67.1 cm³/mol. The molecule has 0 radical (unpaired) electrons. The molecule has 0 bridgehead atoms. The number of aromatic nitrogens is 2. The summed E-state index contributed by atoms with van der Waals surface area (Å²) in [5.74, 6) is -0.971. The van der Waals surface area contributed by atoms with Gasteiger partial charge in [0.2, 0.25) is 0 Å². The summed E-state index contributed by atoms with van der Waals surface area (Å²) in [6, 6.07) is 0. The van der Waals surface area contributed by atoms with Crippen molar-refractivity contribution in [2.75, 3.05) is 13.1 Å². The van der Waals surface area contributed by atoms with Crippen molar-refractivity contribution in [2.45, 2.75) is 31.2 Å². The van der Waals surface area contributed by atoms with Crippen LogP contribution in [0.3, 0.4) is 0 Å². The summed E-state index contributed by atoms with van der Waals surface area (Å²) in [6.07, 6.45) is 2.99. The van der Waals surface area contributed by atoms with Gasteiger partial charge in [-0.15, -0.1) is 0 Å². The summed E-state index contributed by atoms with van der Waals surface area (Å²) >= 11 is 0. The highest BCUT2D eigenvalue weighted by Crippen LogP contribution is 2.23. The number of aromatic amines is 1. The predicted octanol–water partition coefficient (Wildman–Crippen LogP) is 0.457. The van der Waals surface area contributed by atoms with Gasteiger partial charge in [-0.05, 0) is 12.8 Å². The maximum absolute atomic E-state index is 12.3. The van der Waals surface area contributed by atoms with Gasteiger partial charge in [-0.2, -0.15) is 4.31 Å². The number of rotatable bonds is 4. The second-order valence-electron chi connectivity index (χ2n) is 4.59. The maximum Gasteiger partial charge on any atom is 0.307 e. The van der Waals surface area contributed by atoms with Crippen LogP contribution in [0.5, 0.6) is 0 Å². The van der Waals surface area contributed by atoms with Crippen molar-refractivity contribution >= 4 is 16.0 Å². The standard InChI is InChI=1S/C11H17N3O4S/c1-2-9-12-6-10(13-9)19(17,18)14-5-3-4-8(7-14)11(15)16/h6,8H,2-5,7H2,1H3,(H,12,13)(H,15,16)/t8-/m1/s1. The van der Waals surface area contributed by atoms with E-state index in [2.05, 4.69) is 9.97 Å². The minimum Gasteiger partial charge on any atom is -0.481 e. The van der Waals surface area contributed by atoms with E-state index in [0.717, 1.165) is 0 Å². The lowest BCUT2D eigenvalue weighted by Crippen LogP contribution is -2.42. The highest BCUT2D eigenvalue weighted by Gasteiger charge is 2.34. The zero-order valence-corrected chi connectivity index (χ0v) is 11.5. The third kappa shape index (κ3) is 2.79. The minimum atomic E-state index is -3.67. The topological polar surface area (TPSA) is 103 Å². The lowest BCUT2D eigenvalue weighted by atomic mass is 10.0. The Morgan fingerprint density at radius 1 is 1.63 bits per heavy atom. The molecule has 2 rings (SSSR count). The van der Waals surface area contributed by atoms with E-state index in [1.54, 1.807) is 0 Å². The Morgan fingerprint density at radius 2 is 2.37 bits per heavy atom. The van der Waals surface area contributed by atoms with E-state index in [9.17, 15) is 13.2 Å². The fraction of sp³-hybridized carbons (Fsp3) is 0.636. The summed E-state index contributed by atoms with van der Waals surface area (Å²) in [5.41, 5.74) is 0. The van der Waals surface area contributed by atoms with Gasteiger partial charge >= 0.3 is 5.97 Å². The van der Waals surface area contributed by atoms with E-state index in [4.69, 9.17) is 5.11 Å². The van der Waals surface area contributed by atoms with Crippen LogP contribution >= 0.6 is 0 Å². The molecule has 0 saturated carbocycles. The Kier molecular flexibility index (Phi) is 3.91. The average molecular weight is 287 g/mol. The van der Waals surface area contributed by atoms with Crippen molar-refractivity contribution in [3.05, 3.63) is 12.0 Å². The molecule has 0 unspecified atom stereocenters. The lowest BCUT2D eigenvalue weighted by molar-refractivity contribution is -0.142. The van der Waals surface area contributed by atoms with Crippen molar-refractivity contribution in [1.29, 1.82) is 0 Å². The fourth-order valence-electron chi connectivity index (χ4n) is 2.16. The van der Waals surface area contributed by atoms with Crippen LogP contribution in [-0.2, 0) is 21.2 Å². The van der Waals surface area contributed by atoms with Gasteiger partial charge in [0, 0.05) is 19.5 Å². The van der Waals surface area contributed by atoms with Crippen molar-refractivity contribution in [3.8, 4) is 0 Å². The summed E-state index contributed by atoms with van der Waals surface area (Å²) in [5, 5.41) is 9.03. The molecule has 1 aliphatic rings. The molecule has 19 heavy (non-hydrogen) atoms. The number of nitrogens with one attached hydrogen (secondary N) is 1. The van der Waals surface area contributed by atoms with Crippen LogP contribution in [0.15, 0.2) is 11.2 Å². The van der Waals surface area contributed by atoms with Crippen LogP contribution in [0.25, 0.3) is 0 Å². The van der Waals surface area contributed by atoms with Gasteiger partial charge in [0.05, 0.1) is 12.1 Å². The molecule has 2 N–H and O–H groups in total. The molecule has 106 valence electrons. The molecule has 0 amide bonds. The van der Waals surface area contributed by atoms with E-state index in [1.807, 2.05) is 6.92 Å². The number of H-pyrrole nitrogens is 1. The minimum absolute atomic E-state index is 0.0259.